The molecule has 0 spiro atoms. The fraction of sp³-hybridized carbons (Fsp3) is 0.217. The van der Waals surface area contributed by atoms with Gasteiger partial charge in [-0.3, -0.25) is 4.98 Å². The Bertz CT molecular complexity index is 1210. The minimum absolute atomic E-state index is 0.459. The maximum atomic E-state index is 6.44. The summed E-state index contributed by atoms with van der Waals surface area (Å²) in [5, 5.41) is 4.77. The highest BCUT2D eigenvalue weighted by Crippen LogP contribution is 2.48. The Balaban J connectivity index is 1.95. The van der Waals surface area contributed by atoms with E-state index in [1.807, 2.05) is 12.4 Å². The van der Waals surface area contributed by atoms with E-state index in [2.05, 4.69) is 73.9 Å². The van der Waals surface area contributed by atoms with Crippen molar-refractivity contribution in [3.05, 3.63) is 60.0 Å². The van der Waals surface area contributed by atoms with Crippen molar-refractivity contribution in [2.45, 2.75) is 26.7 Å². The lowest BCUT2D eigenvalue weighted by Gasteiger charge is -2.23. The van der Waals surface area contributed by atoms with Crippen LogP contribution in [0.2, 0.25) is 0 Å². The lowest BCUT2D eigenvalue weighted by atomic mass is 9.91. The first kappa shape index (κ1) is 15.3. The van der Waals surface area contributed by atoms with Gasteiger partial charge in [0.05, 0.1) is 10.9 Å². The maximum Gasteiger partial charge on any atom is 0.228 e. The highest BCUT2D eigenvalue weighted by Gasteiger charge is 2.30. The second-order valence-electron chi connectivity index (χ2n) is 7.49. The molecule has 3 nitrogen and oxygen atoms in total. The standard InChI is InChI=1S/C23H21N2O/c1-13(2)16-9-15-6-8-25(4)23-21-14(3)18-5-7-24-12-17(18)11-19(21)26-20(10-16)22(15)23/h5-13H,1-4H3/q+1. The molecule has 0 radical (unpaired) electrons. The normalized spacial score (nSPS) is 12.5. The maximum absolute atomic E-state index is 6.44. The third-order valence-corrected chi connectivity index (χ3v) is 5.51. The second-order valence-corrected chi connectivity index (χ2v) is 7.49. The Morgan fingerprint density at radius 1 is 1.04 bits per heavy atom. The van der Waals surface area contributed by atoms with E-state index in [9.17, 15) is 0 Å². The van der Waals surface area contributed by atoms with E-state index < -0.39 is 0 Å². The summed E-state index contributed by atoms with van der Waals surface area (Å²) in [6, 6.07) is 10.9. The molecular formula is C23H21N2O+. The van der Waals surface area contributed by atoms with Crippen LogP contribution in [0.3, 0.4) is 0 Å². The van der Waals surface area contributed by atoms with Gasteiger partial charge in [-0.05, 0) is 52.9 Å². The Hall–Kier alpha value is -2.94. The highest BCUT2D eigenvalue weighted by molar-refractivity contribution is 6.05. The third kappa shape index (κ3) is 2.00. The van der Waals surface area contributed by atoms with Gasteiger partial charge in [0.15, 0.2) is 6.20 Å². The molecule has 0 atom stereocenters. The van der Waals surface area contributed by atoms with E-state index >= 15 is 0 Å². The van der Waals surface area contributed by atoms with Crippen molar-refractivity contribution in [2.24, 2.45) is 7.05 Å². The molecule has 0 amide bonds. The van der Waals surface area contributed by atoms with Gasteiger partial charge in [-0.1, -0.05) is 19.9 Å². The zero-order valence-electron chi connectivity index (χ0n) is 15.5. The minimum Gasteiger partial charge on any atom is -0.456 e. The first-order chi connectivity index (χ1) is 12.5. The zero-order valence-corrected chi connectivity index (χ0v) is 15.5. The quantitative estimate of drug-likeness (QED) is 0.381. The first-order valence-electron chi connectivity index (χ1n) is 9.06. The van der Waals surface area contributed by atoms with Crippen LogP contribution in [0.25, 0.3) is 32.8 Å². The van der Waals surface area contributed by atoms with Crippen LogP contribution >= 0.6 is 0 Å². The molecule has 5 rings (SSSR count). The molecule has 26 heavy (non-hydrogen) atoms. The smallest absolute Gasteiger partial charge is 0.228 e. The van der Waals surface area contributed by atoms with Gasteiger partial charge < -0.3 is 4.74 Å². The van der Waals surface area contributed by atoms with E-state index in [0.717, 1.165) is 16.9 Å². The molecule has 4 aromatic rings. The lowest BCUT2D eigenvalue weighted by molar-refractivity contribution is -0.659. The average Bonchev–Trinajstić information content (AvgIpc) is 2.63. The lowest BCUT2D eigenvalue weighted by Crippen LogP contribution is -2.31. The average molecular weight is 341 g/mol. The van der Waals surface area contributed by atoms with Crippen LogP contribution in [0.1, 0.15) is 30.9 Å². The zero-order chi connectivity index (χ0) is 18.0. The van der Waals surface area contributed by atoms with Gasteiger partial charge in [-0.2, -0.15) is 0 Å². The van der Waals surface area contributed by atoms with Crippen molar-refractivity contribution in [1.82, 2.24) is 4.98 Å². The van der Waals surface area contributed by atoms with Gasteiger partial charge in [-0.25, -0.2) is 4.57 Å². The van der Waals surface area contributed by atoms with E-state index in [-0.39, 0.29) is 0 Å². The van der Waals surface area contributed by atoms with E-state index in [0.29, 0.717) is 5.92 Å². The van der Waals surface area contributed by atoms with Crippen LogP contribution in [0.4, 0.5) is 0 Å². The van der Waals surface area contributed by atoms with E-state index in [1.165, 1.54) is 38.5 Å². The molecule has 0 bridgehead atoms. The van der Waals surface area contributed by atoms with Crippen LogP contribution in [-0.4, -0.2) is 4.98 Å². The fourth-order valence-electron chi connectivity index (χ4n) is 4.09. The molecule has 3 heteroatoms. The minimum atomic E-state index is 0.459. The summed E-state index contributed by atoms with van der Waals surface area (Å²) in [5.41, 5.74) is 4.95. The van der Waals surface area contributed by atoms with Crippen molar-refractivity contribution >= 4 is 21.5 Å². The van der Waals surface area contributed by atoms with Crippen molar-refractivity contribution < 1.29 is 9.30 Å². The Labute approximate surface area is 152 Å². The summed E-state index contributed by atoms with van der Waals surface area (Å²) in [4.78, 5) is 4.28. The first-order valence-corrected chi connectivity index (χ1v) is 9.06. The van der Waals surface area contributed by atoms with Crippen LogP contribution < -0.4 is 9.30 Å². The van der Waals surface area contributed by atoms with Crippen molar-refractivity contribution in [2.75, 3.05) is 0 Å². The molecule has 128 valence electrons. The number of rotatable bonds is 1. The summed E-state index contributed by atoms with van der Waals surface area (Å²) in [6.07, 6.45) is 5.91. The van der Waals surface area contributed by atoms with Crippen LogP contribution in [-0.2, 0) is 7.05 Å². The molecule has 2 aromatic heterocycles. The number of hydrogen-bond acceptors (Lipinski definition) is 2. The predicted octanol–water partition coefficient (Wildman–Crippen LogP) is 5.42. The molecule has 0 saturated heterocycles. The van der Waals surface area contributed by atoms with Gasteiger partial charge in [0.25, 0.3) is 0 Å². The van der Waals surface area contributed by atoms with Gasteiger partial charge in [0.2, 0.25) is 5.69 Å². The molecule has 2 aromatic carbocycles. The molecule has 1 aliphatic heterocycles. The highest BCUT2D eigenvalue weighted by atomic mass is 16.5. The van der Waals surface area contributed by atoms with Gasteiger partial charge in [0, 0.05) is 23.8 Å². The van der Waals surface area contributed by atoms with Crippen molar-refractivity contribution in [3.63, 3.8) is 0 Å². The second kappa shape index (κ2) is 5.28. The number of nitrogens with zero attached hydrogens (tertiary/aromatic N) is 2. The SMILES string of the molecule is Cc1c2c(cc3cnccc13)Oc1cc(C(C)C)cc3cc[n+](C)c-2c13. The molecule has 0 aliphatic carbocycles. The van der Waals surface area contributed by atoms with E-state index in [4.69, 9.17) is 4.74 Å². The van der Waals surface area contributed by atoms with Crippen molar-refractivity contribution in [1.29, 1.82) is 0 Å². The molecule has 3 heterocycles. The van der Waals surface area contributed by atoms with Crippen LogP contribution in [0.15, 0.2) is 48.9 Å². The van der Waals surface area contributed by atoms with Crippen LogP contribution in [0, 0.1) is 6.92 Å². The number of ether oxygens (including phenoxy) is 1. The summed E-state index contributed by atoms with van der Waals surface area (Å²) in [5.74, 6) is 2.33. The number of aryl methyl sites for hydroxylation is 2. The predicted molar refractivity (Wildman–Crippen MR) is 105 cm³/mol. The number of pyridine rings is 2. The molecule has 0 saturated carbocycles. The fourth-order valence-corrected chi connectivity index (χ4v) is 4.09. The Kier molecular flexibility index (Phi) is 3.11. The monoisotopic (exact) mass is 341 g/mol. The van der Waals surface area contributed by atoms with E-state index in [1.54, 1.807) is 0 Å². The molecular weight excluding hydrogens is 320 g/mol. The molecule has 0 N–H and O–H groups in total. The summed E-state index contributed by atoms with van der Waals surface area (Å²) in [7, 11) is 2.11. The third-order valence-electron chi connectivity index (χ3n) is 5.51. The summed E-state index contributed by atoms with van der Waals surface area (Å²) >= 11 is 0. The number of fused-ring (bicyclic) bond motifs is 3. The molecule has 1 aliphatic rings. The number of hydrogen-bond donors (Lipinski definition) is 0. The summed E-state index contributed by atoms with van der Waals surface area (Å²) in [6.45, 7) is 6.62. The van der Waals surface area contributed by atoms with Crippen molar-refractivity contribution in [3.8, 4) is 22.8 Å². The van der Waals surface area contributed by atoms with Gasteiger partial charge in [0.1, 0.15) is 18.5 Å². The topological polar surface area (TPSA) is 26.0 Å². The number of benzene rings is 2. The van der Waals surface area contributed by atoms with Gasteiger partial charge in [-0.15, -0.1) is 0 Å². The largest absolute Gasteiger partial charge is 0.456 e. The van der Waals surface area contributed by atoms with Crippen LogP contribution in [0.5, 0.6) is 11.5 Å². The Morgan fingerprint density at radius 3 is 2.69 bits per heavy atom. The Morgan fingerprint density at radius 2 is 1.88 bits per heavy atom. The summed E-state index contributed by atoms with van der Waals surface area (Å²) < 4.78 is 8.65. The molecule has 0 fully saturated rings. The van der Waals surface area contributed by atoms with Gasteiger partial charge >= 0.3 is 0 Å². The number of aromatic nitrogens is 2. The molecule has 0 unspecified atom stereocenters.